The molecule has 0 spiro atoms. The summed E-state index contributed by atoms with van der Waals surface area (Å²) >= 11 is 0. The third kappa shape index (κ3) is 3.78. The molecule has 0 radical (unpaired) electrons. The third-order valence-corrected chi connectivity index (χ3v) is 3.35. The summed E-state index contributed by atoms with van der Waals surface area (Å²) in [4.78, 5) is 24.0. The number of nitrogens with zero attached hydrogens (tertiary/aromatic N) is 4. The van der Waals surface area contributed by atoms with Gasteiger partial charge in [-0.1, -0.05) is 18.2 Å². The molecule has 0 bridgehead atoms. The van der Waals surface area contributed by atoms with Gasteiger partial charge in [0.1, 0.15) is 6.33 Å². The number of hydrogen-bond acceptors (Lipinski definition) is 5. The first-order valence-electron chi connectivity index (χ1n) is 7.40. The minimum absolute atomic E-state index is 0.316. The van der Waals surface area contributed by atoms with E-state index < -0.39 is 0 Å². The fourth-order valence-corrected chi connectivity index (χ4v) is 2.20. The Bertz CT molecular complexity index is 893. The molecular weight excluding hydrogens is 322 g/mol. The third-order valence-electron chi connectivity index (χ3n) is 3.35. The molecule has 3 rings (SSSR count). The predicted molar refractivity (Wildman–Crippen MR) is 91.6 cm³/mol. The normalized spacial score (nSPS) is 10.1. The van der Waals surface area contributed by atoms with E-state index in [9.17, 15) is 9.59 Å². The molecule has 9 nitrogen and oxygen atoms in total. The van der Waals surface area contributed by atoms with Crippen LogP contribution in [0.25, 0.3) is 5.69 Å². The van der Waals surface area contributed by atoms with E-state index in [0.717, 1.165) is 0 Å². The van der Waals surface area contributed by atoms with E-state index in [2.05, 4.69) is 31.5 Å². The minimum Gasteiger partial charge on any atom is -0.341 e. The van der Waals surface area contributed by atoms with Gasteiger partial charge in [0.05, 0.1) is 11.3 Å². The summed E-state index contributed by atoms with van der Waals surface area (Å²) in [7, 11) is 1.52. The number of carbonyl (C=O) groups is 2. The number of benzene rings is 2. The average Bonchev–Trinajstić information content (AvgIpc) is 3.16. The van der Waals surface area contributed by atoms with Crippen LogP contribution < -0.4 is 16.0 Å². The van der Waals surface area contributed by atoms with Crippen LogP contribution >= 0.6 is 0 Å². The number of aromatic nitrogens is 4. The van der Waals surface area contributed by atoms with E-state index in [-0.39, 0.29) is 11.9 Å². The molecular formula is C16H15N7O2. The van der Waals surface area contributed by atoms with Crippen molar-refractivity contribution in [2.45, 2.75) is 0 Å². The summed E-state index contributed by atoms with van der Waals surface area (Å²) in [5, 5.41) is 18.9. The summed E-state index contributed by atoms with van der Waals surface area (Å²) in [6.45, 7) is 0. The van der Waals surface area contributed by atoms with E-state index in [1.165, 1.54) is 18.1 Å². The maximum Gasteiger partial charge on any atom is 0.318 e. The quantitative estimate of drug-likeness (QED) is 0.670. The number of rotatable bonds is 4. The Hall–Kier alpha value is -3.75. The molecule has 0 unspecified atom stereocenters. The second-order valence-electron chi connectivity index (χ2n) is 5.01. The number of anilines is 2. The SMILES string of the molecule is CNC(=O)Nc1cccc(NC(=O)c2ccccc2-n2cnnn2)c1. The first-order valence-corrected chi connectivity index (χ1v) is 7.40. The summed E-state index contributed by atoms with van der Waals surface area (Å²) in [5.41, 5.74) is 2.08. The summed E-state index contributed by atoms with van der Waals surface area (Å²) in [6.07, 6.45) is 1.42. The standard InChI is InChI=1S/C16H15N7O2/c1-17-16(25)20-12-6-4-5-11(9-12)19-15(24)13-7-2-3-8-14(13)23-10-18-21-22-23/h2-10H,1H3,(H,19,24)(H2,17,20,25). The molecule has 0 aliphatic carbocycles. The number of para-hydroxylation sites is 1. The molecule has 3 amide bonds. The Balaban J connectivity index is 1.82. The molecule has 0 fully saturated rings. The fraction of sp³-hybridized carbons (Fsp3) is 0.0625. The Morgan fingerprint density at radius 3 is 2.48 bits per heavy atom. The molecule has 1 heterocycles. The highest BCUT2D eigenvalue weighted by Crippen LogP contribution is 2.18. The lowest BCUT2D eigenvalue weighted by molar-refractivity contribution is 0.102. The maximum absolute atomic E-state index is 12.6. The van der Waals surface area contributed by atoms with Crippen molar-refractivity contribution < 1.29 is 9.59 Å². The number of urea groups is 1. The van der Waals surface area contributed by atoms with Crippen molar-refractivity contribution in [3.63, 3.8) is 0 Å². The maximum atomic E-state index is 12.6. The van der Waals surface area contributed by atoms with Crippen LogP contribution in [0, 0.1) is 0 Å². The van der Waals surface area contributed by atoms with Gasteiger partial charge in [-0.05, 0) is 40.8 Å². The van der Waals surface area contributed by atoms with Gasteiger partial charge >= 0.3 is 6.03 Å². The molecule has 0 saturated heterocycles. The molecule has 1 aromatic heterocycles. The Kier molecular flexibility index (Phi) is 4.65. The van der Waals surface area contributed by atoms with E-state index in [4.69, 9.17) is 0 Å². The minimum atomic E-state index is -0.340. The molecule has 0 aliphatic heterocycles. The van der Waals surface area contributed by atoms with E-state index >= 15 is 0 Å². The van der Waals surface area contributed by atoms with Crippen LogP contribution in [0.1, 0.15) is 10.4 Å². The number of amides is 3. The average molecular weight is 337 g/mol. The van der Waals surface area contributed by atoms with Gasteiger partial charge in [-0.2, -0.15) is 4.68 Å². The molecule has 25 heavy (non-hydrogen) atoms. The number of tetrazole rings is 1. The smallest absolute Gasteiger partial charge is 0.318 e. The zero-order valence-electron chi connectivity index (χ0n) is 13.3. The fourth-order valence-electron chi connectivity index (χ4n) is 2.20. The van der Waals surface area contributed by atoms with Crippen molar-refractivity contribution in [1.82, 2.24) is 25.5 Å². The van der Waals surface area contributed by atoms with Gasteiger partial charge in [0.2, 0.25) is 0 Å². The Morgan fingerprint density at radius 2 is 1.76 bits per heavy atom. The zero-order valence-corrected chi connectivity index (χ0v) is 13.3. The molecule has 2 aromatic carbocycles. The summed E-state index contributed by atoms with van der Waals surface area (Å²) < 4.78 is 1.42. The van der Waals surface area contributed by atoms with Crippen molar-refractivity contribution in [1.29, 1.82) is 0 Å². The van der Waals surface area contributed by atoms with Crippen LogP contribution in [0.5, 0.6) is 0 Å². The van der Waals surface area contributed by atoms with Crippen LogP contribution in [0.2, 0.25) is 0 Å². The van der Waals surface area contributed by atoms with Gasteiger partial charge < -0.3 is 16.0 Å². The summed E-state index contributed by atoms with van der Waals surface area (Å²) in [5.74, 6) is -0.316. The molecule has 9 heteroatoms. The predicted octanol–water partition coefficient (Wildman–Crippen LogP) is 1.67. The highest BCUT2D eigenvalue weighted by molar-refractivity contribution is 6.07. The van der Waals surface area contributed by atoms with E-state index in [1.807, 2.05) is 0 Å². The monoisotopic (exact) mass is 337 g/mol. The van der Waals surface area contributed by atoms with Crippen molar-refractivity contribution in [2.75, 3.05) is 17.7 Å². The van der Waals surface area contributed by atoms with Crippen molar-refractivity contribution in [2.24, 2.45) is 0 Å². The van der Waals surface area contributed by atoms with Gasteiger partial charge in [0, 0.05) is 18.4 Å². The molecule has 0 saturated carbocycles. The summed E-state index contributed by atoms with van der Waals surface area (Å²) in [6, 6.07) is 13.5. The lowest BCUT2D eigenvalue weighted by Gasteiger charge is -2.11. The second-order valence-corrected chi connectivity index (χ2v) is 5.01. The van der Waals surface area contributed by atoms with Crippen molar-refractivity contribution >= 4 is 23.3 Å². The molecule has 0 aliphatic rings. The molecule has 3 aromatic rings. The second kappa shape index (κ2) is 7.21. The largest absolute Gasteiger partial charge is 0.341 e. The first kappa shape index (κ1) is 16.1. The molecule has 0 atom stereocenters. The lowest BCUT2D eigenvalue weighted by Crippen LogP contribution is -2.24. The van der Waals surface area contributed by atoms with Gasteiger partial charge in [-0.25, -0.2) is 4.79 Å². The topological polar surface area (TPSA) is 114 Å². The number of carbonyl (C=O) groups excluding carboxylic acids is 2. The van der Waals surface area contributed by atoms with Crippen molar-refractivity contribution in [3.05, 3.63) is 60.4 Å². The van der Waals surface area contributed by atoms with Gasteiger partial charge in [0.25, 0.3) is 5.91 Å². The first-order chi connectivity index (χ1) is 12.2. The van der Waals surface area contributed by atoms with Crippen molar-refractivity contribution in [3.8, 4) is 5.69 Å². The number of nitrogens with one attached hydrogen (secondary N) is 3. The zero-order chi connectivity index (χ0) is 17.6. The van der Waals surface area contributed by atoms with Gasteiger partial charge in [0.15, 0.2) is 0 Å². The van der Waals surface area contributed by atoms with Crippen LogP contribution in [0.15, 0.2) is 54.9 Å². The molecule has 126 valence electrons. The Labute approximate surface area is 143 Å². The highest BCUT2D eigenvalue weighted by Gasteiger charge is 2.13. The van der Waals surface area contributed by atoms with Gasteiger partial charge in [-0.3, -0.25) is 4.79 Å². The molecule has 3 N–H and O–H groups in total. The van der Waals surface area contributed by atoms with Crippen LogP contribution in [-0.2, 0) is 0 Å². The Morgan fingerprint density at radius 1 is 1.00 bits per heavy atom. The van der Waals surface area contributed by atoms with E-state index in [1.54, 1.807) is 48.5 Å². The highest BCUT2D eigenvalue weighted by atomic mass is 16.2. The number of hydrogen-bond donors (Lipinski definition) is 3. The van der Waals surface area contributed by atoms with Crippen LogP contribution in [0.4, 0.5) is 16.2 Å². The lowest BCUT2D eigenvalue weighted by atomic mass is 10.1. The van der Waals surface area contributed by atoms with Crippen LogP contribution in [-0.4, -0.2) is 39.2 Å². The van der Waals surface area contributed by atoms with Crippen LogP contribution in [0.3, 0.4) is 0 Å². The van der Waals surface area contributed by atoms with Gasteiger partial charge in [-0.15, -0.1) is 5.10 Å². The van der Waals surface area contributed by atoms with E-state index in [0.29, 0.717) is 22.6 Å².